The zero-order valence-corrected chi connectivity index (χ0v) is 9.79. The normalized spacial score (nSPS) is 9.95. The number of methoxy groups -OCH3 is 1. The van der Waals surface area contributed by atoms with Crippen molar-refractivity contribution in [2.45, 2.75) is 0 Å². The van der Waals surface area contributed by atoms with Gasteiger partial charge in [-0.05, 0) is 0 Å². The molecule has 1 aromatic rings. The predicted octanol–water partition coefficient (Wildman–Crippen LogP) is 1.33. The first-order valence-electron chi connectivity index (χ1n) is 4.80. The van der Waals surface area contributed by atoms with Gasteiger partial charge in [0.25, 0.3) is 5.82 Å². The molecule has 0 unspecified atom stereocenters. The van der Waals surface area contributed by atoms with Crippen LogP contribution in [-0.2, 0) is 9.53 Å². The molecule has 0 saturated carbocycles. The van der Waals surface area contributed by atoms with Crippen LogP contribution < -0.4 is 4.74 Å². The number of nitrogens with zero attached hydrogens (tertiary/aromatic N) is 2. The third kappa shape index (κ3) is 2.93. The van der Waals surface area contributed by atoms with Gasteiger partial charge in [0.1, 0.15) is 0 Å². The van der Waals surface area contributed by atoms with E-state index in [9.17, 15) is 33.8 Å². The van der Waals surface area contributed by atoms with Crippen molar-refractivity contribution < 1.29 is 32.9 Å². The van der Waals surface area contributed by atoms with Gasteiger partial charge >= 0.3 is 17.3 Å². The van der Waals surface area contributed by atoms with Crippen LogP contribution >= 0.6 is 0 Å². The second-order valence-electron chi connectivity index (χ2n) is 3.25. The highest BCUT2D eigenvalue weighted by molar-refractivity contribution is 5.71. The summed E-state index contributed by atoms with van der Waals surface area (Å²) in [5, 5.41) is 21.1. The Labute approximate surface area is 109 Å². The molecule has 0 aliphatic carbocycles. The quantitative estimate of drug-likeness (QED) is 0.455. The molecule has 1 rings (SSSR count). The highest BCUT2D eigenvalue weighted by Gasteiger charge is 2.35. The van der Waals surface area contributed by atoms with E-state index in [0.29, 0.717) is 0 Å². The molecule has 11 heteroatoms. The zero-order valence-electron chi connectivity index (χ0n) is 9.79. The predicted molar refractivity (Wildman–Crippen MR) is 57.2 cm³/mol. The Kier molecular flexibility index (Phi) is 4.46. The van der Waals surface area contributed by atoms with Crippen molar-refractivity contribution >= 4 is 17.3 Å². The molecular weight excluding hydrogens is 286 g/mol. The van der Waals surface area contributed by atoms with Crippen LogP contribution in [0.5, 0.6) is 5.75 Å². The fourth-order valence-electron chi connectivity index (χ4n) is 1.22. The molecule has 0 aliphatic rings. The molecule has 0 N–H and O–H groups in total. The highest BCUT2D eigenvalue weighted by Crippen LogP contribution is 2.37. The number of carbonyl (C=O) groups excluding carboxylic acids is 1. The second kappa shape index (κ2) is 5.86. The Morgan fingerprint density at radius 1 is 1.25 bits per heavy atom. The van der Waals surface area contributed by atoms with E-state index >= 15 is 0 Å². The number of hydrogen-bond acceptors (Lipinski definition) is 7. The maximum atomic E-state index is 13.6. The van der Waals surface area contributed by atoms with Gasteiger partial charge < -0.3 is 9.47 Å². The minimum Gasteiger partial charge on any atom is -0.475 e. The first-order chi connectivity index (χ1) is 9.29. The van der Waals surface area contributed by atoms with Gasteiger partial charge in [-0.3, -0.25) is 20.2 Å². The molecule has 0 spiro atoms. The summed E-state index contributed by atoms with van der Waals surface area (Å²) in [6.07, 6.45) is 0. The van der Waals surface area contributed by atoms with Crippen LogP contribution in [0, 0.1) is 31.9 Å². The van der Waals surface area contributed by atoms with Crippen molar-refractivity contribution in [3.63, 3.8) is 0 Å². The molecule has 0 bridgehead atoms. The zero-order chi connectivity index (χ0) is 15.4. The molecule has 0 aromatic heterocycles. The number of rotatable bonds is 5. The topological polar surface area (TPSA) is 122 Å². The summed E-state index contributed by atoms with van der Waals surface area (Å²) in [5.74, 6) is -5.59. The van der Waals surface area contributed by atoms with Crippen molar-refractivity contribution in [2.75, 3.05) is 13.7 Å². The van der Waals surface area contributed by atoms with Crippen LogP contribution in [0.4, 0.5) is 20.2 Å². The summed E-state index contributed by atoms with van der Waals surface area (Å²) >= 11 is 0. The van der Waals surface area contributed by atoms with Crippen LogP contribution in [-0.4, -0.2) is 29.5 Å². The minimum absolute atomic E-state index is 0.252. The summed E-state index contributed by atoms with van der Waals surface area (Å²) in [5.41, 5.74) is -3.12. The Morgan fingerprint density at radius 2 is 1.80 bits per heavy atom. The smallest absolute Gasteiger partial charge is 0.353 e. The molecule has 0 heterocycles. The van der Waals surface area contributed by atoms with Gasteiger partial charge in [0.15, 0.2) is 6.61 Å². The first kappa shape index (κ1) is 15.2. The van der Waals surface area contributed by atoms with Crippen molar-refractivity contribution in [1.82, 2.24) is 0 Å². The largest absolute Gasteiger partial charge is 0.475 e. The lowest BCUT2D eigenvalue weighted by atomic mass is 10.2. The third-order valence-electron chi connectivity index (χ3n) is 2.07. The van der Waals surface area contributed by atoms with Gasteiger partial charge in [0.2, 0.25) is 11.6 Å². The number of carbonyl (C=O) groups is 1. The fourth-order valence-corrected chi connectivity index (χ4v) is 1.22. The minimum atomic E-state index is -2.00. The molecular formula is C9H6F2N2O7. The fraction of sp³-hybridized carbons (Fsp3) is 0.222. The lowest BCUT2D eigenvalue weighted by molar-refractivity contribution is -0.401. The van der Waals surface area contributed by atoms with Crippen molar-refractivity contribution in [1.29, 1.82) is 0 Å². The lowest BCUT2D eigenvalue weighted by Crippen LogP contribution is -2.14. The number of esters is 1. The van der Waals surface area contributed by atoms with Crippen LogP contribution in [0.25, 0.3) is 0 Å². The van der Waals surface area contributed by atoms with E-state index in [1.807, 2.05) is 0 Å². The first-order valence-corrected chi connectivity index (χ1v) is 4.80. The maximum Gasteiger partial charge on any atom is 0.353 e. The summed E-state index contributed by atoms with van der Waals surface area (Å²) in [7, 11) is 0.997. The number of nitro benzene ring substituents is 2. The average molecular weight is 292 g/mol. The summed E-state index contributed by atoms with van der Waals surface area (Å²) < 4.78 is 35.6. The van der Waals surface area contributed by atoms with Crippen LogP contribution in [0.15, 0.2) is 6.07 Å². The number of nitro groups is 2. The number of hydrogen-bond donors (Lipinski definition) is 0. The number of ether oxygens (including phenoxy) is 2. The monoisotopic (exact) mass is 292 g/mol. The molecule has 108 valence electrons. The van der Waals surface area contributed by atoms with Gasteiger partial charge in [-0.15, -0.1) is 0 Å². The molecule has 0 aliphatic heterocycles. The standard InChI is InChI=1S/C9H6F2N2O7/c1-19-6(14)3-20-5-2-4(10)8(12(15)16)7(11)9(5)13(17)18/h2H,3H2,1H3. The molecule has 0 radical (unpaired) electrons. The van der Waals surface area contributed by atoms with Crippen molar-refractivity contribution in [2.24, 2.45) is 0 Å². The van der Waals surface area contributed by atoms with Crippen molar-refractivity contribution in [3.05, 3.63) is 37.9 Å². The Balaban J connectivity index is 3.34. The van der Waals surface area contributed by atoms with E-state index in [1.54, 1.807) is 0 Å². The number of halogens is 2. The van der Waals surface area contributed by atoms with E-state index in [4.69, 9.17) is 0 Å². The SMILES string of the molecule is COC(=O)COc1cc(F)c([N+](=O)[O-])c(F)c1[N+](=O)[O-]. The molecule has 0 amide bonds. The van der Waals surface area contributed by atoms with Crippen LogP contribution in [0.2, 0.25) is 0 Å². The summed E-state index contributed by atoms with van der Waals surface area (Å²) in [4.78, 5) is 29.1. The van der Waals surface area contributed by atoms with Gasteiger partial charge in [0, 0.05) is 6.07 Å². The molecule has 9 nitrogen and oxygen atoms in total. The summed E-state index contributed by atoms with van der Waals surface area (Å²) in [6.45, 7) is -0.853. The average Bonchev–Trinajstić information content (AvgIpc) is 2.34. The maximum absolute atomic E-state index is 13.6. The molecule has 0 saturated heterocycles. The Hall–Kier alpha value is -2.85. The van der Waals surface area contributed by atoms with Crippen molar-refractivity contribution in [3.8, 4) is 5.75 Å². The summed E-state index contributed by atoms with van der Waals surface area (Å²) in [6, 6.07) is 0.252. The molecule has 20 heavy (non-hydrogen) atoms. The highest BCUT2D eigenvalue weighted by atomic mass is 19.1. The van der Waals surface area contributed by atoms with Gasteiger partial charge in [-0.1, -0.05) is 0 Å². The molecule has 1 aromatic carbocycles. The number of benzene rings is 1. The molecule has 0 fully saturated rings. The van der Waals surface area contributed by atoms with E-state index in [-0.39, 0.29) is 6.07 Å². The van der Waals surface area contributed by atoms with Crippen LogP contribution in [0.3, 0.4) is 0 Å². The molecule has 0 atom stereocenters. The van der Waals surface area contributed by atoms with Gasteiger partial charge in [-0.25, -0.2) is 4.79 Å². The van der Waals surface area contributed by atoms with E-state index in [0.717, 1.165) is 7.11 Å². The van der Waals surface area contributed by atoms with E-state index < -0.39 is 51.2 Å². The van der Waals surface area contributed by atoms with E-state index in [2.05, 4.69) is 9.47 Å². The Bertz CT molecular complexity index is 590. The van der Waals surface area contributed by atoms with E-state index in [1.165, 1.54) is 0 Å². The van der Waals surface area contributed by atoms with Gasteiger partial charge in [-0.2, -0.15) is 8.78 Å². The third-order valence-corrected chi connectivity index (χ3v) is 2.07. The lowest BCUT2D eigenvalue weighted by Gasteiger charge is -2.06. The second-order valence-corrected chi connectivity index (χ2v) is 3.25. The Morgan fingerprint density at radius 3 is 2.25 bits per heavy atom. The van der Waals surface area contributed by atoms with Gasteiger partial charge in [0.05, 0.1) is 17.0 Å². The van der Waals surface area contributed by atoms with Crippen LogP contribution in [0.1, 0.15) is 0 Å².